The number of methoxy groups -OCH3 is 1. The fourth-order valence-electron chi connectivity index (χ4n) is 7.82. The van der Waals surface area contributed by atoms with E-state index >= 15 is 0 Å². The van der Waals surface area contributed by atoms with Crippen LogP contribution >= 0.6 is 0 Å². The summed E-state index contributed by atoms with van der Waals surface area (Å²) in [4.78, 5) is 0. The van der Waals surface area contributed by atoms with Gasteiger partial charge in [-0.2, -0.15) is 8.78 Å². The molecular formula is C33H50F2O3. The maximum atomic E-state index is 14.1. The quantitative estimate of drug-likeness (QED) is 0.159. The van der Waals surface area contributed by atoms with E-state index in [-0.39, 0.29) is 11.5 Å². The maximum Gasteiger partial charge on any atom is 0.203 e. The summed E-state index contributed by atoms with van der Waals surface area (Å²) < 4.78 is 44.6. The Balaban J connectivity index is 1.11. The van der Waals surface area contributed by atoms with Crippen LogP contribution in [0.4, 0.5) is 8.78 Å². The highest BCUT2D eigenvalue weighted by Crippen LogP contribution is 2.45. The van der Waals surface area contributed by atoms with E-state index in [9.17, 15) is 8.78 Å². The van der Waals surface area contributed by atoms with Crippen LogP contribution in [0.25, 0.3) is 0 Å². The van der Waals surface area contributed by atoms with E-state index in [4.69, 9.17) is 9.47 Å². The molecule has 0 aromatic carbocycles. The molecule has 1 saturated heterocycles. The van der Waals surface area contributed by atoms with Crippen LogP contribution in [0.3, 0.4) is 0 Å². The zero-order valence-corrected chi connectivity index (χ0v) is 23.6. The largest absolute Gasteiger partial charge is 0.494 e. The molecule has 3 saturated carbocycles. The average molecular weight is 533 g/mol. The summed E-state index contributed by atoms with van der Waals surface area (Å²) in [6.45, 7) is 12.1. The van der Waals surface area contributed by atoms with Crippen LogP contribution < -0.4 is 0 Å². The van der Waals surface area contributed by atoms with E-state index in [1.807, 2.05) is 0 Å². The van der Waals surface area contributed by atoms with Crippen molar-refractivity contribution >= 4 is 0 Å². The summed E-state index contributed by atoms with van der Waals surface area (Å²) in [5.74, 6) is 2.20. The molecular weight excluding hydrogens is 482 g/mol. The molecule has 3 aliphatic carbocycles. The number of halogens is 2. The molecule has 0 amide bonds. The molecule has 0 spiro atoms. The van der Waals surface area contributed by atoms with Gasteiger partial charge >= 0.3 is 0 Å². The number of hydrogen-bond donors (Lipinski definition) is 0. The Bertz CT molecular complexity index is 819. The molecule has 2 atom stereocenters. The first-order valence-electron chi connectivity index (χ1n) is 15.2. The minimum absolute atomic E-state index is 0.288. The molecule has 0 radical (unpaired) electrons. The van der Waals surface area contributed by atoms with Crippen molar-refractivity contribution in [2.75, 3.05) is 20.3 Å². The van der Waals surface area contributed by atoms with Crippen LogP contribution in [-0.2, 0) is 14.2 Å². The minimum atomic E-state index is -1.16. The van der Waals surface area contributed by atoms with Gasteiger partial charge in [0.2, 0.25) is 11.7 Å². The summed E-state index contributed by atoms with van der Waals surface area (Å²) in [5, 5.41) is 0. The van der Waals surface area contributed by atoms with Crippen LogP contribution in [-0.4, -0.2) is 26.4 Å². The van der Waals surface area contributed by atoms with E-state index in [0.717, 1.165) is 56.0 Å². The highest BCUT2D eigenvalue weighted by molar-refractivity contribution is 5.29. The molecule has 5 heteroatoms. The number of ether oxygens (including phenoxy) is 3. The second-order valence-electron chi connectivity index (χ2n) is 12.6. The summed E-state index contributed by atoms with van der Waals surface area (Å²) in [5.41, 5.74) is 0. The lowest BCUT2D eigenvalue weighted by Gasteiger charge is -2.42. The lowest BCUT2D eigenvalue weighted by atomic mass is 9.67. The monoisotopic (exact) mass is 532 g/mol. The number of allylic oxidation sites excluding steroid dienone is 3. The van der Waals surface area contributed by atoms with Gasteiger partial charge in [0.15, 0.2) is 11.5 Å². The molecule has 4 fully saturated rings. The zero-order valence-electron chi connectivity index (χ0n) is 23.6. The molecule has 0 aromatic rings. The predicted octanol–water partition coefficient (Wildman–Crippen LogP) is 9.23. The Labute approximate surface area is 229 Å². The Morgan fingerprint density at radius 1 is 0.711 bits per heavy atom. The van der Waals surface area contributed by atoms with Crippen molar-refractivity contribution < 1.29 is 23.0 Å². The summed E-state index contributed by atoms with van der Waals surface area (Å²) in [7, 11) is 1.25. The Morgan fingerprint density at radius 3 is 1.76 bits per heavy atom. The van der Waals surface area contributed by atoms with Gasteiger partial charge in [-0.05, 0) is 131 Å². The molecule has 0 aromatic heterocycles. The fraction of sp³-hybridized carbons (Fsp3) is 0.758. The molecule has 2 unspecified atom stereocenters. The van der Waals surface area contributed by atoms with Crippen LogP contribution in [0.5, 0.6) is 0 Å². The van der Waals surface area contributed by atoms with E-state index in [0.29, 0.717) is 30.5 Å². The summed E-state index contributed by atoms with van der Waals surface area (Å²) in [6, 6.07) is 0. The van der Waals surface area contributed by atoms with Gasteiger partial charge < -0.3 is 14.2 Å². The van der Waals surface area contributed by atoms with E-state index in [1.165, 1.54) is 71.3 Å². The van der Waals surface area contributed by atoms with Gasteiger partial charge in [0.25, 0.3) is 0 Å². The number of rotatable bonds is 10. The van der Waals surface area contributed by atoms with Crippen LogP contribution in [0.15, 0.2) is 49.0 Å². The standard InChI is InChI=1S/C33H50F2O3/c1-5-24-6-10-26(11-7-24)27-14-16-29(17-15-27)31-19-18-30(21-38-31)28-12-8-25(9-13-28)20-37-23(3)33(35)32(34)22(2)36-4/h5,24-31H,1-3,6-21H2,4H3/b33-32-. The second-order valence-corrected chi connectivity index (χ2v) is 12.6. The third-order valence-corrected chi connectivity index (χ3v) is 10.5. The molecule has 38 heavy (non-hydrogen) atoms. The van der Waals surface area contributed by atoms with Crippen molar-refractivity contribution in [1.29, 1.82) is 0 Å². The summed E-state index contributed by atoms with van der Waals surface area (Å²) >= 11 is 0. The molecule has 1 aliphatic heterocycles. The summed E-state index contributed by atoms with van der Waals surface area (Å²) in [6.07, 6.45) is 20.6. The fourth-order valence-corrected chi connectivity index (χ4v) is 7.82. The van der Waals surface area contributed by atoms with Gasteiger partial charge in [0.1, 0.15) is 0 Å². The number of hydrogen-bond acceptors (Lipinski definition) is 3. The smallest absolute Gasteiger partial charge is 0.203 e. The van der Waals surface area contributed by atoms with Crippen LogP contribution in [0.2, 0.25) is 0 Å². The topological polar surface area (TPSA) is 27.7 Å². The van der Waals surface area contributed by atoms with E-state index in [1.54, 1.807) is 0 Å². The van der Waals surface area contributed by atoms with Crippen LogP contribution in [0.1, 0.15) is 89.9 Å². The molecule has 0 N–H and O–H groups in total. The normalized spacial score (nSPS) is 37.0. The first-order chi connectivity index (χ1) is 18.4. The van der Waals surface area contributed by atoms with Crippen molar-refractivity contribution in [1.82, 2.24) is 0 Å². The SMILES string of the molecule is C=CC1CCC(C2CCC(C3CCC(C4CCC(COC(=C)/C(F)=C(/F)C(=C)OC)CC4)CO3)CC2)CC1. The van der Waals surface area contributed by atoms with E-state index in [2.05, 4.69) is 30.5 Å². The van der Waals surface area contributed by atoms with Gasteiger partial charge in [-0.15, -0.1) is 6.58 Å². The van der Waals surface area contributed by atoms with Gasteiger partial charge in [-0.25, -0.2) is 0 Å². The lowest BCUT2D eigenvalue weighted by molar-refractivity contribution is -0.0763. The van der Waals surface area contributed by atoms with Gasteiger partial charge in [0, 0.05) is 0 Å². The first kappa shape index (κ1) is 29.4. The van der Waals surface area contributed by atoms with Gasteiger partial charge in [-0.1, -0.05) is 19.2 Å². The molecule has 3 nitrogen and oxygen atoms in total. The molecule has 1 heterocycles. The third-order valence-electron chi connectivity index (χ3n) is 10.5. The van der Waals surface area contributed by atoms with Crippen molar-refractivity contribution in [3.8, 4) is 0 Å². The van der Waals surface area contributed by atoms with Gasteiger partial charge in [-0.3, -0.25) is 0 Å². The minimum Gasteiger partial charge on any atom is -0.494 e. The van der Waals surface area contributed by atoms with Crippen molar-refractivity contribution in [3.05, 3.63) is 49.0 Å². The maximum absolute atomic E-state index is 14.1. The second kappa shape index (κ2) is 14.1. The van der Waals surface area contributed by atoms with E-state index < -0.39 is 11.7 Å². The lowest BCUT2D eigenvalue weighted by Crippen LogP contribution is -2.38. The molecule has 4 aliphatic rings. The van der Waals surface area contributed by atoms with Crippen molar-refractivity contribution in [3.63, 3.8) is 0 Å². The van der Waals surface area contributed by atoms with Gasteiger partial charge in [0.05, 0.1) is 26.4 Å². The zero-order chi connectivity index (χ0) is 27.1. The Morgan fingerprint density at radius 2 is 1.21 bits per heavy atom. The predicted molar refractivity (Wildman–Crippen MR) is 149 cm³/mol. The average Bonchev–Trinajstić information content (AvgIpc) is 2.99. The highest BCUT2D eigenvalue weighted by Gasteiger charge is 2.37. The molecule has 4 rings (SSSR count). The van der Waals surface area contributed by atoms with Crippen molar-refractivity contribution in [2.24, 2.45) is 41.4 Å². The Hall–Kier alpha value is -1.62. The Kier molecular flexibility index (Phi) is 10.9. The van der Waals surface area contributed by atoms with Crippen molar-refractivity contribution in [2.45, 2.75) is 96.0 Å². The first-order valence-corrected chi connectivity index (χ1v) is 15.2. The molecule has 0 bridgehead atoms. The van der Waals surface area contributed by atoms with Crippen LogP contribution in [0, 0.1) is 41.4 Å². The highest BCUT2D eigenvalue weighted by atomic mass is 19.2. The third kappa shape index (κ3) is 7.52. The molecule has 214 valence electrons.